The molecule has 1 fully saturated rings. The number of carbonyl (C=O) groups is 2. The minimum atomic E-state index is -0.402. The van der Waals surface area contributed by atoms with Crippen molar-refractivity contribution in [1.29, 1.82) is 0 Å². The first-order valence-electron chi connectivity index (χ1n) is 11.6. The Morgan fingerprint density at radius 1 is 1.06 bits per heavy atom. The van der Waals surface area contributed by atoms with Crippen molar-refractivity contribution in [1.82, 2.24) is 9.80 Å². The number of ether oxygens (including phenoxy) is 4. The quantitative estimate of drug-likeness (QED) is 0.477. The Balaban J connectivity index is 1.27. The van der Waals surface area contributed by atoms with Crippen LogP contribution in [0.15, 0.2) is 42.2 Å². The van der Waals surface area contributed by atoms with E-state index in [1.165, 1.54) is 7.11 Å². The van der Waals surface area contributed by atoms with Gasteiger partial charge in [0.05, 0.1) is 37.0 Å². The molecule has 0 N–H and O–H groups in total. The zero-order chi connectivity index (χ0) is 23.5. The van der Waals surface area contributed by atoms with E-state index >= 15 is 0 Å². The van der Waals surface area contributed by atoms with Crippen molar-refractivity contribution < 1.29 is 28.5 Å². The molecule has 0 amide bonds. The van der Waals surface area contributed by atoms with Crippen LogP contribution >= 0.6 is 0 Å². The van der Waals surface area contributed by atoms with Crippen molar-refractivity contribution in [3.05, 3.63) is 64.4 Å². The third-order valence-electron chi connectivity index (χ3n) is 6.36. The summed E-state index contributed by atoms with van der Waals surface area (Å²) < 4.78 is 22.2. The summed E-state index contributed by atoms with van der Waals surface area (Å²) in [6, 6.07) is 10.5. The highest BCUT2D eigenvalue weighted by Crippen LogP contribution is 2.42. The van der Waals surface area contributed by atoms with E-state index in [-0.39, 0.29) is 11.5 Å². The molecule has 178 valence electrons. The predicted molar refractivity (Wildman–Crippen MR) is 125 cm³/mol. The fourth-order valence-corrected chi connectivity index (χ4v) is 4.48. The molecule has 0 aromatic heterocycles. The average molecular weight is 465 g/mol. The highest BCUT2D eigenvalue weighted by atomic mass is 16.5. The van der Waals surface area contributed by atoms with Crippen LogP contribution in [0, 0.1) is 0 Å². The Kier molecular flexibility index (Phi) is 6.62. The van der Waals surface area contributed by atoms with Crippen LogP contribution < -0.4 is 9.47 Å². The number of rotatable bonds is 6. The van der Waals surface area contributed by atoms with Gasteiger partial charge in [-0.05, 0) is 48.9 Å². The molecule has 0 atom stereocenters. The number of allylic oxidation sites excluding steroid dienone is 1. The van der Waals surface area contributed by atoms with E-state index in [0.717, 1.165) is 62.7 Å². The van der Waals surface area contributed by atoms with E-state index in [1.54, 1.807) is 36.4 Å². The smallest absolute Gasteiger partial charge is 0.337 e. The summed E-state index contributed by atoms with van der Waals surface area (Å²) in [7, 11) is 1.34. The normalized spacial score (nSPS) is 19.3. The predicted octanol–water partition coefficient (Wildman–Crippen LogP) is 2.96. The van der Waals surface area contributed by atoms with E-state index in [4.69, 9.17) is 18.9 Å². The number of methoxy groups -OCH3 is 1. The maximum Gasteiger partial charge on any atom is 0.337 e. The second kappa shape index (κ2) is 9.97. The Bertz CT molecular complexity index is 1110. The molecule has 5 rings (SSSR count). The lowest BCUT2D eigenvalue weighted by Gasteiger charge is -2.31. The topological polar surface area (TPSA) is 77.5 Å². The lowest BCUT2D eigenvalue weighted by Crippen LogP contribution is -2.39. The SMILES string of the molecule is COC(=O)c1ccc(/C=C2\Oc3c(ccc4c3CN(CCCN3CCOCC3)CO4)C2=O)cc1. The molecule has 1 saturated heterocycles. The van der Waals surface area contributed by atoms with Crippen LogP contribution in [0.3, 0.4) is 0 Å². The van der Waals surface area contributed by atoms with Gasteiger partial charge in [-0.2, -0.15) is 0 Å². The van der Waals surface area contributed by atoms with Crippen molar-refractivity contribution in [2.24, 2.45) is 0 Å². The number of hydrogen-bond acceptors (Lipinski definition) is 8. The number of fused-ring (bicyclic) bond motifs is 3. The first kappa shape index (κ1) is 22.6. The Hall–Kier alpha value is -3.20. The minimum Gasteiger partial charge on any atom is -0.478 e. The maximum absolute atomic E-state index is 13.0. The lowest BCUT2D eigenvalue weighted by atomic mass is 10.0. The van der Waals surface area contributed by atoms with Gasteiger partial charge in [0, 0.05) is 26.2 Å². The molecule has 0 bridgehead atoms. The van der Waals surface area contributed by atoms with Crippen molar-refractivity contribution >= 4 is 17.8 Å². The molecule has 3 aliphatic rings. The molecule has 0 spiro atoms. The summed E-state index contributed by atoms with van der Waals surface area (Å²) in [5.41, 5.74) is 2.67. The van der Waals surface area contributed by atoms with Gasteiger partial charge in [0.2, 0.25) is 5.78 Å². The number of carbonyl (C=O) groups excluding carboxylic acids is 2. The highest BCUT2D eigenvalue weighted by molar-refractivity contribution is 6.15. The molecule has 3 heterocycles. The average Bonchev–Trinajstić information content (AvgIpc) is 3.20. The number of nitrogens with zero attached hydrogens (tertiary/aromatic N) is 2. The lowest BCUT2D eigenvalue weighted by molar-refractivity contribution is 0.0329. The molecule has 34 heavy (non-hydrogen) atoms. The number of esters is 1. The zero-order valence-corrected chi connectivity index (χ0v) is 19.2. The van der Waals surface area contributed by atoms with Gasteiger partial charge < -0.3 is 18.9 Å². The van der Waals surface area contributed by atoms with Crippen LogP contribution in [0.2, 0.25) is 0 Å². The summed E-state index contributed by atoms with van der Waals surface area (Å²) >= 11 is 0. The van der Waals surface area contributed by atoms with Crippen LogP contribution in [-0.2, 0) is 16.0 Å². The highest BCUT2D eigenvalue weighted by Gasteiger charge is 2.33. The fourth-order valence-electron chi connectivity index (χ4n) is 4.48. The standard InChI is InChI=1S/C26H28N2O6/c1-31-26(30)19-5-3-18(4-6-19)15-23-24(29)20-7-8-22-21(25(20)34-23)16-28(17-33-22)10-2-9-27-11-13-32-14-12-27/h3-8,15H,2,9-14,16-17H2,1H3/b23-15-. The van der Waals surface area contributed by atoms with Crippen LogP contribution in [0.4, 0.5) is 0 Å². The van der Waals surface area contributed by atoms with Crippen molar-refractivity contribution in [2.75, 3.05) is 53.2 Å². The Morgan fingerprint density at radius 2 is 1.82 bits per heavy atom. The van der Waals surface area contributed by atoms with Gasteiger partial charge in [-0.15, -0.1) is 0 Å². The molecule has 8 heteroatoms. The number of ketones is 1. The molecule has 8 nitrogen and oxygen atoms in total. The van der Waals surface area contributed by atoms with Gasteiger partial charge in [0.25, 0.3) is 0 Å². The van der Waals surface area contributed by atoms with Crippen molar-refractivity contribution in [2.45, 2.75) is 13.0 Å². The van der Waals surface area contributed by atoms with Gasteiger partial charge in [0.1, 0.15) is 18.2 Å². The summed E-state index contributed by atoms with van der Waals surface area (Å²) in [4.78, 5) is 29.3. The first-order chi connectivity index (χ1) is 16.6. The molecule has 0 radical (unpaired) electrons. The van der Waals surface area contributed by atoms with Gasteiger partial charge in [-0.3, -0.25) is 14.6 Å². The van der Waals surface area contributed by atoms with Gasteiger partial charge in [-0.1, -0.05) is 12.1 Å². The van der Waals surface area contributed by atoms with Gasteiger partial charge in [-0.25, -0.2) is 4.79 Å². The first-order valence-corrected chi connectivity index (χ1v) is 11.6. The minimum absolute atomic E-state index is 0.153. The zero-order valence-electron chi connectivity index (χ0n) is 19.2. The molecular formula is C26H28N2O6. The summed E-state index contributed by atoms with van der Waals surface area (Å²) in [6.07, 6.45) is 2.74. The largest absolute Gasteiger partial charge is 0.478 e. The summed E-state index contributed by atoms with van der Waals surface area (Å²) in [5, 5.41) is 0. The molecule has 0 aliphatic carbocycles. The summed E-state index contributed by atoms with van der Waals surface area (Å²) in [6.45, 7) is 6.74. The molecule has 0 unspecified atom stereocenters. The Labute approximate surface area is 198 Å². The van der Waals surface area contributed by atoms with Crippen LogP contribution in [0.1, 0.15) is 38.3 Å². The van der Waals surface area contributed by atoms with E-state index in [2.05, 4.69) is 9.80 Å². The van der Waals surface area contributed by atoms with Gasteiger partial charge >= 0.3 is 5.97 Å². The Morgan fingerprint density at radius 3 is 2.59 bits per heavy atom. The molecular weight excluding hydrogens is 436 g/mol. The number of Topliss-reactive ketones (excluding diaryl/α,β-unsaturated/α-hetero) is 1. The molecule has 2 aromatic rings. The number of hydrogen-bond donors (Lipinski definition) is 0. The second-order valence-corrected chi connectivity index (χ2v) is 8.61. The number of benzene rings is 2. The van der Waals surface area contributed by atoms with Crippen molar-refractivity contribution in [3.8, 4) is 11.5 Å². The van der Waals surface area contributed by atoms with Crippen LogP contribution in [0.25, 0.3) is 6.08 Å². The van der Waals surface area contributed by atoms with Crippen LogP contribution in [-0.4, -0.2) is 74.8 Å². The third kappa shape index (κ3) is 4.70. The van der Waals surface area contributed by atoms with E-state index in [0.29, 0.717) is 30.2 Å². The molecule has 3 aliphatic heterocycles. The van der Waals surface area contributed by atoms with E-state index < -0.39 is 5.97 Å². The van der Waals surface area contributed by atoms with Crippen LogP contribution in [0.5, 0.6) is 11.5 Å². The fraction of sp³-hybridized carbons (Fsp3) is 0.385. The maximum atomic E-state index is 13.0. The summed E-state index contributed by atoms with van der Waals surface area (Å²) in [5.74, 6) is 1.05. The molecule has 2 aromatic carbocycles. The second-order valence-electron chi connectivity index (χ2n) is 8.61. The van der Waals surface area contributed by atoms with E-state index in [9.17, 15) is 9.59 Å². The monoisotopic (exact) mass is 464 g/mol. The number of morpholine rings is 1. The molecule has 0 saturated carbocycles. The van der Waals surface area contributed by atoms with E-state index in [1.807, 2.05) is 6.07 Å². The third-order valence-corrected chi connectivity index (χ3v) is 6.36. The van der Waals surface area contributed by atoms with Gasteiger partial charge in [0.15, 0.2) is 5.76 Å². The van der Waals surface area contributed by atoms with Crippen molar-refractivity contribution in [3.63, 3.8) is 0 Å².